The molecule has 0 bridgehead atoms. The number of anilines is 1. The van der Waals surface area contributed by atoms with Crippen molar-refractivity contribution in [3.05, 3.63) is 5.01 Å². The highest BCUT2D eigenvalue weighted by Crippen LogP contribution is 2.35. The largest absolute Gasteiger partial charge is 0.445 e. The summed E-state index contributed by atoms with van der Waals surface area (Å²) in [6.07, 6.45) is -3.48. The number of hydrogen-bond donors (Lipinski definition) is 1. The van der Waals surface area contributed by atoms with Crippen LogP contribution in [0.3, 0.4) is 0 Å². The average molecular weight is 252 g/mol. The molecule has 0 aromatic carbocycles. The highest BCUT2D eigenvalue weighted by atomic mass is 32.1. The van der Waals surface area contributed by atoms with E-state index in [4.69, 9.17) is 0 Å². The molecule has 1 N–H and O–H groups in total. The maximum atomic E-state index is 12.3. The van der Waals surface area contributed by atoms with Gasteiger partial charge in [-0.05, 0) is 13.5 Å². The summed E-state index contributed by atoms with van der Waals surface area (Å²) in [4.78, 5) is 1.83. The molecule has 1 atom stereocenters. The number of hydrogen-bond acceptors (Lipinski definition) is 5. The van der Waals surface area contributed by atoms with Crippen molar-refractivity contribution in [3.8, 4) is 0 Å². The zero-order chi connectivity index (χ0) is 11.8. The topological polar surface area (TPSA) is 41.0 Å². The molecule has 1 fully saturated rings. The van der Waals surface area contributed by atoms with Crippen LogP contribution in [0.1, 0.15) is 11.4 Å². The van der Waals surface area contributed by atoms with Gasteiger partial charge in [0.1, 0.15) is 0 Å². The summed E-state index contributed by atoms with van der Waals surface area (Å²) in [6, 6.07) is 0.318. The first-order chi connectivity index (χ1) is 7.50. The lowest BCUT2D eigenvalue weighted by Gasteiger charge is -2.13. The SMILES string of the molecule is CNC1CCN(c2nnc(C(F)(F)F)s2)C1. The Morgan fingerprint density at radius 2 is 2.19 bits per heavy atom. The molecule has 0 amide bonds. The van der Waals surface area contributed by atoms with Crippen LogP contribution in [0.25, 0.3) is 0 Å². The van der Waals surface area contributed by atoms with Gasteiger partial charge in [-0.3, -0.25) is 0 Å². The van der Waals surface area contributed by atoms with E-state index in [0.717, 1.165) is 13.0 Å². The Kier molecular flexibility index (Phi) is 3.02. The lowest BCUT2D eigenvalue weighted by atomic mass is 10.3. The molecule has 1 saturated heterocycles. The summed E-state index contributed by atoms with van der Waals surface area (Å²) >= 11 is 0.601. The Bertz CT molecular complexity index is 364. The molecule has 1 aromatic rings. The molecule has 0 spiro atoms. The molecule has 16 heavy (non-hydrogen) atoms. The van der Waals surface area contributed by atoms with Crippen LogP contribution >= 0.6 is 11.3 Å². The molecule has 4 nitrogen and oxygen atoms in total. The summed E-state index contributed by atoms with van der Waals surface area (Å²) in [5.74, 6) is 0. The number of likely N-dealkylation sites (N-methyl/N-ethyl adjacent to an activating group) is 1. The van der Waals surface area contributed by atoms with Gasteiger partial charge in [0.05, 0.1) is 0 Å². The van der Waals surface area contributed by atoms with Crippen molar-refractivity contribution in [2.75, 3.05) is 25.0 Å². The van der Waals surface area contributed by atoms with E-state index in [9.17, 15) is 13.2 Å². The van der Waals surface area contributed by atoms with E-state index in [1.165, 1.54) is 0 Å². The second-order valence-electron chi connectivity index (χ2n) is 3.61. The summed E-state index contributed by atoms with van der Waals surface area (Å²) in [6.45, 7) is 1.40. The van der Waals surface area contributed by atoms with Crippen LogP contribution in [-0.2, 0) is 6.18 Å². The van der Waals surface area contributed by atoms with Gasteiger partial charge >= 0.3 is 6.18 Å². The van der Waals surface area contributed by atoms with Gasteiger partial charge in [-0.15, -0.1) is 10.2 Å². The van der Waals surface area contributed by atoms with Crippen molar-refractivity contribution in [2.45, 2.75) is 18.6 Å². The van der Waals surface area contributed by atoms with E-state index in [1.807, 2.05) is 11.9 Å². The Balaban J connectivity index is 2.08. The van der Waals surface area contributed by atoms with Crippen LogP contribution in [0.15, 0.2) is 0 Å². The third-order valence-electron chi connectivity index (χ3n) is 2.52. The lowest BCUT2D eigenvalue weighted by Crippen LogP contribution is -2.29. The van der Waals surface area contributed by atoms with Crippen LogP contribution in [0.5, 0.6) is 0 Å². The third kappa shape index (κ3) is 2.27. The Morgan fingerprint density at radius 3 is 2.69 bits per heavy atom. The minimum absolute atomic E-state index is 0.318. The summed E-state index contributed by atoms with van der Waals surface area (Å²) in [5, 5.41) is 9.31. The van der Waals surface area contributed by atoms with Crippen LogP contribution < -0.4 is 10.2 Å². The number of rotatable bonds is 2. The van der Waals surface area contributed by atoms with Crippen molar-refractivity contribution >= 4 is 16.5 Å². The smallest absolute Gasteiger partial charge is 0.345 e. The molecule has 1 unspecified atom stereocenters. The van der Waals surface area contributed by atoms with Crippen molar-refractivity contribution in [3.63, 3.8) is 0 Å². The summed E-state index contributed by atoms with van der Waals surface area (Å²) < 4.78 is 36.9. The lowest BCUT2D eigenvalue weighted by molar-refractivity contribution is -0.138. The fourth-order valence-electron chi connectivity index (χ4n) is 1.63. The van der Waals surface area contributed by atoms with Gasteiger partial charge in [0.25, 0.3) is 0 Å². The quantitative estimate of drug-likeness (QED) is 0.862. The van der Waals surface area contributed by atoms with Gasteiger partial charge in [0, 0.05) is 19.1 Å². The first kappa shape index (κ1) is 11.6. The minimum atomic E-state index is -4.39. The monoisotopic (exact) mass is 252 g/mol. The Labute approximate surface area is 94.5 Å². The van der Waals surface area contributed by atoms with E-state index in [0.29, 0.717) is 29.1 Å². The van der Waals surface area contributed by atoms with Crippen LogP contribution in [0.4, 0.5) is 18.3 Å². The van der Waals surface area contributed by atoms with Crippen LogP contribution in [-0.4, -0.2) is 36.4 Å². The molecule has 1 aromatic heterocycles. The van der Waals surface area contributed by atoms with Crippen molar-refractivity contribution in [1.82, 2.24) is 15.5 Å². The number of aromatic nitrogens is 2. The minimum Gasteiger partial charge on any atom is -0.345 e. The molecule has 2 heterocycles. The third-order valence-corrected chi connectivity index (χ3v) is 3.55. The van der Waals surface area contributed by atoms with Gasteiger partial charge in [-0.25, -0.2) is 0 Å². The number of nitrogens with zero attached hydrogens (tertiary/aromatic N) is 3. The van der Waals surface area contributed by atoms with E-state index in [-0.39, 0.29) is 0 Å². The summed E-state index contributed by atoms with van der Waals surface area (Å²) in [7, 11) is 1.84. The van der Waals surface area contributed by atoms with Gasteiger partial charge in [-0.1, -0.05) is 11.3 Å². The number of halogens is 3. The molecule has 1 aliphatic heterocycles. The average Bonchev–Trinajstić information content (AvgIpc) is 2.85. The van der Waals surface area contributed by atoms with Gasteiger partial charge in [-0.2, -0.15) is 13.2 Å². The molecule has 1 aliphatic rings. The standard InChI is InChI=1S/C8H11F3N4S/c1-12-5-2-3-15(4-5)7-14-13-6(16-7)8(9,10)11/h5,12H,2-4H2,1H3. The normalized spacial score (nSPS) is 21.8. The zero-order valence-electron chi connectivity index (χ0n) is 8.58. The highest BCUT2D eigenvalue weighted by Gasteiger charge is 2.36. The predicted octanol–water partition coefficient (Wildman–Crippen LogP) is 1.35. The van der Waals surface area contributed by atoms with Gasteiger partial charge < -0.3 is 10.2 Å². The molecule has 0 radical (unpaired) electrons. The maximum Gasteiger partial charge on any atom is 0.445 e. The van der Waals surface area contributed by atoms with E-state index >= 15 is 0 Å². The molecular weight excluding hydrogens is 241 g/mol. The first-order valence-electron chi connectivity index (χ1n) is 4.83. The molecule has 0 saturated carbocycles. The molecule has 90 valence electrons. The molecular formula is C8H11F3N4S. The zero-order valence-corrected chi connectivity index (χ0v) is 9.40. The van der Waals surface area contributed by atoms with Crippen molar-refractivity contribution in [2.24, 2.45) is 0 Å². The van der Waals surface area contributed by atoms with Gasteiger partial charge in [0.15, 0.2) is 0 Å². The predicted molar refractivity (Wildman–Crippen MR) is 54.6 cm³/mol. The molecule has 0 aliphatic carbocycles. The number of alkyl halides is 3. The second kappa shape index (κ2) is 4.17. The first-order valence-corrected chi connectivity index (χ1v) is 5.65. The Hall–Kier alpha value is -0.890. The van der Waals surface area contributed by atoms with Crippen molar-refractivity contribution in [1.29, 1.82) is 0 Å². The van der Waals surface area contributed by atoms with Gasteiger partial charge in [0.2, 0.25) is 10.1 Å². The number of nitrogens with one attached hydrogen (secondary N) is 1. The van der Waals surface area contributed by atoms with E-state index in [1.54, 1.807) is 0 Å². The fourth-order valence-corrected chi connectivity index (χ4v) is 2.37. The van der Waals surface area contributed by atoms with Crippen LogP contribution in [0.2, 0.25) is 0 Å². The molecule has 8 heteroatoms. The van der Waals surface area contributed by atoms with Crippen LogP contribution in [0, 0.1) is 0 Å². The molecule has 2 rings (SSSR count). The van der Waals surface area contributed by atoms with E-state index in [2.05, 4.69) is 15.5 Å². The highest BCUT2D eigenvalue weighted by molar-refractivity contribution is 7.15. The maximum absolute atomic E-state index is 12.3. The van der Waals surface area contributed by atoms with Crippen molar-refractivity contribution < 1.29 is 13.2 Å². The Morgan fingerprint density at radius 1 is 1.44 bits per heavy atom. The second-order valence-corrected chi connectivity index (χ2v) is 4.56. The summed E-state index contributed by atoms with van der Waals surface area (Å²) in [5.41, 5.74) is 0. The van der Waals surface area contributed by atoms with E-state index < -0.39 is 11.2 Å². The fraction of sp³-hybridized carbons (Fsp3) is 0.750.